The molecule has 3 nitrogen and oxygen atoms in total. The average Bonchev–Trinajstić information content (AvgIpc) is 2.77. The number of hydrogen-bond acceptors (Lipinski definition) is 4. The van der Waals surface area contributed by atoms with Gasteiger partial charge >= 0.3 is 0 Å². The van der Waals surface area contributed by atoms with Crippen molar-refractivity contribution in [3.8, 4) is 0 Å². The monoisotopic (exact) mass is 237 g/mol. The summed E-state index contributed by atoms with van der Waals surface area (Å²) in [5.74, 6) is 0. The summed E-state index contributed by atoms with van der Waals surface area (Å²) in [6.07, 6.45) is -0.681. The minimum absolute atomic E-state index is 0.0840. The fourth-order valence-corrected chi connectivity index (χ4v) is 2.52. The molecule has 16 heavy (non-hydrogen) atoms. The SMILES string of the molecule is CNC(CO)C(O)c1ccc2sccc2c1. The molecule has 0 radical (unpaired) electrons. The van der Waals surface area contributed by atoms with Crippen LogP contribution in [-0.4, -0.2) is 29.9 Å². The van der Waals surface area contributed by atoms with E-state index in [1.807, 2.05) is 29.6 Å². The Hall–Kier alpha value is -0.940. The molecule has 2 aromatic rings. The standard InChI is InChI=1S/C12H15NO2S/c1-13-10(7-14)12(15)9-2-3-11-8(6-9)4-5-16-11/h2-6,10,12-15H,7H2,1H3. The summed E-state index contributed by atoms with van der Waals surface area (Å²) in [6, 6.07) is 7.59. The molecule has 0 spiro atoms. The van der Waals surface area contributed by atoms with Gasteiger partial charge in [-0.25, -0.2) is 0 Å². The Morgan fingerprint density at radius 1 is 1.38 bits per heavy atom. The molecule has 1 heterocycles. The van der Waals surface area contributed by atoms with Gasteiger partial charge in [0.05, 0.1) is 18.8 Å². The van der Waals surface area contributed by atoms with E-state index >= 15 is 0 Å². The Morgan fingerprint density at radius 3 is 2.88 bits per heavy atom. The second-order valence-electron chi connectivity index (χ2n) is 3.74. The van der Waals surface area contributed by atoms with Crippen molar-refractivity contribution >= 4 is 21.4 Å². The van der Waals surface area contributed by atoms with Gasteiger partial charge in [0.1, 0.15) is 0 Å². The molecule has 0 amide bonds. The van der Waals surface area contributed by atoms with Crippen molar-refractivity contribution < 1.29 is 10.2 Å². The Balaban J connectivity index is 2.31. The predicted octanol–water partition coefficient (Wildman–Crippen LogP) is 1.51. The smallest absolute Gasteiger partial charge is 0.0965 e. The van der Waals surface area contributed by atoms with Crippen LogP contribution in [0.1, 0.15) is 11.7 Å². The van der Waals surface area contributed by atoms with Crippen LogP contribution >= 0.6 is 11.3 Å². The van der Waals surface area contributed by atoms with Gasteiger partial charge in [0.25, 0.3) is 0 Å². The van der Waals surface area contributed by atoms with Crippen molar-refractivity contribution in [3.63, 3.8) is 0 Å². The van der Waals surface area contributed by atoms with Gasteiger partial charge in [-0.1, -0.05) is 6.07 Å². The highest BCUT2D eigenvalue weighted by Crippen LogP contribution is 2.25. The van der Waals surface area contributed by atoms with Crippen LogP contribution in [-0.2, 0) is 0 Å². The van der Waals surface area contributed by atoms with Crippen molar-refractivity contribution in [3.05, 3.63) is 35.2 Å². The third-order valence-electron chi connectivity index (χ3n) is 2.77. The molecule has 0 fully saturated rings. The average molecular weight is 237 g/mol. The zero-order valence-electron chi connectivity index (χ0n) is 9.05. The molecule has 0 aliphatic rings. The molecule has 2 atom stereocenters. The first-order valence-electron chi connectivity index (χ1n) is 5.19. The Bertz CT molecular complexity index is 465. The number of likely N-dealkylation sites (N-methyl/N-ethyl adjacent to an activating group) is 1. The molecule has 86 valence electrons. The summed E-state index contributed by atoms with van der Waals surface area (Å²) in [7, 11) is 1.73. The van der Waals surface area contributed by atoms with Gasteiger partial charge in [-0.3, -0.25) is 0 Å². The van der Waals surface area contributed by atoms with Crippen molar-refractivity contribution in [2.75, 3.05) is 13.7 Å². The highest BCUT2D eigenvalue weighted by molar-refractivity contribution is 7.17. The normalized spacial score (nSPS) is 15.2. The van der Waals surface area contributed by atoms with Gasteiger partial charge in [-0.05, 0) is 41.6 Å². The van der Waals surface area contributed by atoms with E-state index in [0.717, 1.165) is 10.9 Å². The molecule has 0 bridgehead atoms. The first-order chi connectivity index (χ1) is 7.76. The van der Waals surface area contributed by atoms with E-state index in [-0.39, 0.29) is 12.6 Å². The summed E-state index contributed by atoms with van der Waals surface area (Å²) in [4.78, 5) is 0. The lowest BCUT2D eigenvalue weighted by molar-refractivity contribution is 0.0943. The zero-order chi connectivity index (χ0) is 11.5. The number of hydrogen-bond donors (Lipinski definition) is 3. The summed E-state index contributed by atoms with van der Waals surface area (Å²) in [5, 5.41) is 25.2. The number of nitrogens with one attached hydrogen (secondary N) is 1. The number of thiophene rings is 1. The van der Waals surface area contributed by atoms with Gasteiger partial charge in [-0.2, -0.15) is 0 Å². The van der Waals surface area contributed by atoms with Gasteiger partial charge in [0.15, 0.2) is 0 Å². The summed E-state index contributed by atoms with van der Waals surface area (Å²) < 4.78 is 1.21. The van der Waals surface area contributed by atoms with Crippen LogP contribution in [0, 0.1) is 0 Å². The number of rotatable bonds is 4. The molecular formula is C12H15NO2S. The van der Waals surface area contributed by atoms with E-state index < -0.39 is 6.10 Å². The molecule has 0 aliphatic carbocycles. The van der Waals surface area contributed by atoms with Crippen LogP contribution in [0.2, 0.25) is 0 Å². The Morgan fingerprint density at radius 2 is 2.19 bits per heavy atom. The van der Waals surface area contributed by atoms with Gasteiger partial charge in [-0.15, -0.1) is 11.3 Å². The molecule has 0 aliphatic heterocycles. The Kier molecular flexibility index (Phi) is 3.56. The molecule has 1 aromatic heterocycles. The van der Waals surface area contributed by atoms with Gasteiger partial charge in [0, 0.05) is 4.70 Å². The van der Waals surface area contributed by atoms with E-state index in [0.29, 0.717) is 0 Å². The van der Waals surface area contributed by atoms with E-state index in [1.165, 1.54) is 4.70 Å². The van der Waals surface area contributed by atoms with Crippen LogP contribution in [0.25, 0.3) is 10.1 Å². The van der Waals surface area contributed by atoms with Crippen LogP contribution < -0.4 is 5.32 Å². The molecule has 0 saturated carbocycles. The molecule has 0 saturated heterocycles. The van der Waals surface area contributed by atoms with Crippen molar-refractivity contribution in [2.24, 2.45) is 0 Å². The number of aliphatic hydroxyl groups excluding tert-OH is 2. The number of aliphatic hydroxyl groups is 2. The summed E-state index contributed by atoms with van der Waals surface area (Å²) >= 11 is 1.68. The fourth-order valence-electron chi connectivity index (χ4n) is 1.75. The first-order valence-corrected chi connectivity index (χ1v) is 6.07. The third kappa shape index (κ3) is 2.10. The van der Waals surface area contributed by atoms with Crippen LogP contribution in [0.15, 0.2) is 29.6 Å². The van der Waals surface area contributed by atoms with Crippen molar-refractivity contribution in [1.29, 1.82) is 0 Å². The minimum Gasteiger partial charge on any atom is -0.395 e. The van der Waals surface area contributed by atoms with Gasteiger partial charge < -0.3 is 15.5 Å². The fraction of sp³-hybridized carbons (Fsp3) is 0.333. The lowest BCUT2D eigenvalue weighted by Crippen LogP contribution is -2.35. The molecule has 2 rings (SSSR count). The lowest BCUT2D eigenvalue weighted by Gasteiger charge is -2.20. The van der Waals surface area contributed by atoms with Gasteiger partial charge in [0.2, 0.25) is 0 Å². The lowest BCUT2D eigenvalue weighted by atomic mass is 10.0. The molecule has 4 heteroatoms. The van der Waals surface area contributed by atoms with E-state index in [1.54, 1.807) is 18.4 Å². The maximum absolute atomic E-state index is 10.1. The highest BCUT2D eigenvalue weighted by atomic mass is 32.1. The third-order valence-corrected chi connectivity index (χ3v) is 3.66. The maximum Gasteiger partial charge on any atom is 0.0965 e. The predicted molar refractivity (Wildman–Crippen MR) is 66.7 cm³/mol. The van der Waals surface area contributed by atoms with Crippen LogP contribution in [0.5, 0.6) is 0 Å². The van der Waals surface area contributed by atoms with Crippen molar-refractivity contribution in [2.45, 2.75) is 12.1 Å². The molecule has 2 unspecified atom stereocenters. The maximum atomic E-state index is 10.1. The second kappa shape index (κ2) is 4.93. The van der Waals surface area contributed by atoms with E-state index in [4.69, 9.17) is 5.11 Å². The van der Waals surface area contributed by atoms with E-state index in [9.17, 15) is 5.11 Å². The van der Waals surface area contributed by atoms with Crippen molar-refractivity contribution in [1.82, 2.24) is 5.32 Å². The van der Waals surface area contributed by atoms with E-state index in [2.05, 4.69) is 5.32 Å². The second-order valence-corrected chi connectivity index (χ2v) is 4.69. The molecule has 3 N–H and O–H groups in total. The topological polar surface area (TPSA) is 52.5 Å². The highest BCUT2D eigenvalue weighted by Gasteiger charge is 2.18. The largest absolute Gasteiger partial charge is 0.395 e. The van der Waals surface area contributed by atoms with Crippen LogP contribution in [0.3, 0.4) is 0 Å². The quantitative estimate of drug-likeness (QED) is 0.755. The number of fused-ring (bicyclic) bond motifs is 1. The zero-order valence-corrected chi connectivity index (χ0v) is 9.87. The van der Waals surface area contributed by atoms with Crippen LogP contribution in [0.4, 0.5) is 0 Å². The molecular weight excluding hydrogens is 222 g/mol. The minimum atomic E-state index is -0.681. The summed E-state index contributed by atoms with van der Waals surface area (Å²) in [6.45, 7) is -0.0840. The molecule has 1 aromatic carbocycles. The Labute approximate surface area is 98.4 Å². The first kappa shape index (κ1) is 11.5. The summed E-state index contributed by atoms with van der Waals surface area (Å²) in [5.41, 5.74) is 0.833. The number of benzene rings is 1.